The minimum Gasteiger partial charge on any atom is -0.477 e. The van der Waals surface area contributed by atoms with Gasteiger partial charge in [-0.25, -0.2) is 4.79 Å². The number of carboxylic acid groups (broad SMARTS) is 1. The van der Waals surface area contributed by atoms with Gasteiger partial charge in [0.15, 0.2) is 6.10 Å². The molecule has 0 aliphatic rings. The molecular formula is C78H132NO8+. The molecule has 0 spiro atoms. The third kappa shape index (κ3) is 68.8. The van der Waals surface area contributed by atoms with Crippen molar-refractivity contribution in [2.75, 3.05) is 47.5 Å². The number of rotatable bonds is 64. The van der Waals surface area contributed by atoms with E-state index in [0.29, 0.717) is 23.9 Å². The van der Waals surface area contributed by atoms with E-state index in [9.17, 15) is 19.5 Å². The van der Waals surface area contributed by atoms with Gasteiger partial charge < -0.3 is 28.5 Å². The van der Waals surface area contributed by atoms with Crippen molar-refractivity contribution in [2.45, 2.75) is 296 Å². The Kier molecular flexibility index (Phi) is 63.8. The fourth-order valence-corrected chi connectivity index (χ4v) is 9.58. The number of hydrogen-bond acceptors (Lipinski definition) is 7. The van der Waals surface area contributed by atoms with Crippen molar-refractivity contribution in [1.29, 1.82) is 0 Å². The van der Waals surface area contributed by atoms with E-state index in [-0.39, 0.29) is 32.2 Å². The highest BCUT2D eigenvalue weighted by molar-refractivity contribution is 5.71. The van der Waals surface area contributed by atoms with E-state index < -0.39 is 24.3 Å². The van der Waals surface area contributed by atoms with E-state index in [2.05, 4.69) is 148 Å². The Bertz CT molecular complexity index is 1890. The molecule has 496 valence electrons. The van der Waals surface area contributed by atoms with Gasteiger partial charge in [0.25, 0.3) is 6.29 Å². The molecule has 0 saturated carbocycles. The molecule has 0 bridgehead atoms. The largest absolute Gasteiger partial charge is 0.477 e. The van der Waals surface area contributed by atoms with Crippen LogP contribution in [0.4, 0.5) is 0 Å². The average Bonchev–Trinajstić information content (AvgIpc) is 3.59. The molecule has 0 fully saturated rings. The Morgan fingerprint density at radius 1 is 0.345 bits per heavy atom. The van der Waals surface area contributed by atoms with Crippen molar-refractivity contribution in [3.63, 3.8) is 0 Å². The van der Waals surface area contributed by atoms with Gasteiger partial charge >= 0.3 is 17.9 Å². The van der Waals surface area contributed by atoms with Gasteiger partial charge in [-0.05, 0) is 109 Å². The Morgan fingerprint density at radius 2 is 0.621 bits per heavy atom. The quantitative estimate of drug-likeness (QED) is 0.0211. The van der Waals surface area contributed by atoms with E-state index in [4.69, 9.17) is 18.9 Å². The topological polar surface area (TPSA) is 108 Å². The first kappa shape index (κ1) is 82.4. The summed E-state index contributed by atoms with van der Waals surface area (Å²) in [5.41, 5.74) is 0. The number of unbranched alkanes of at least 4 members (excludes halogenated alkanes) is 27. The summed E-state index contributed by atoms with van der Waals surface area (Å²) >= 11 is 0. The van der Waals surface area contributed by atoms with Crippen molar-refractivity contribution < 1.29 is 42.9 Å². The molecule has 0 aliphatic carbocycles. The van der Waals surface area contributed by atoms with Gasteiger partial charge in [-0.3, -0.25) is 9.59 Å². The smallest absolute Gasteiger partial charge is 0.361 e. The second-order valence-corrected chi connectivity index (χ2v) is 24.4. The molecule has 0 aromatic rings. The third-order valence-corrected chi connectivity index (χ3v) is 14.9. The molecule has 2 atom stereocenters. The van der Waals surface area contributed by atoms with E-state index in [0.717, 1.165) is 128 Å². The summed E-state index contributed by atoms with van der Waals surface area (Å²) in [7, 11) is 5.97. The molecule has 0 aromatic heterocycles. The fraction of sp³-hybridized carbons (Fsp3) is 0.679. The molecule has 9 heteroatoms. The van der Waals surface area contributed by atoms with E-state index >= 15 is 0 Å². The van der Waals surface area contributed by atoms with Crippen LogP contribution in [0.25, 0.3) is 0 Å². The fourth-order valence-electron chi connectivity index (χ4n) is 9.58. The van der Waals surface area contributed by atoms with E-state index in [1.54, 1.807) is 0 Å². The van der Waals surface area contributed by atoms with Crippen LogP contribution in [0.5, 0.6) is 0 Å². The normalized spacial score (nSPS) is 13.5. The highest BCUT2D eigenvalue weighted by Crippen LogP contribution is 2.17. The molecular weight excluding hydrogens is 1080 g/mol. The van der Waals surface area contributed by atoms with Crippen molar-refractivity contribution >= 4 is 17.9 Å². The highest BCUT2D eigenvalue weighted by atomic mass is 16.7. The van der Waals surface area contributed by atoms with Gasteiger partial charge in [-0.1, -0.05) is 295 Å². The average molecular weight is 1210 g/mol. The SMILES string of the molecule is CC/C=C\C/C=C\C/C=C\C/C=C\C/C=C\C/C=C\CCCCCCCCC(=O)OC(COC(=O)CCCCCCCCCCCCCCCCCCCCCCC/C=C\C/C=C\C/C=C\C/C=C\C/C=C\CC)COC(OCC[N+](C)(C)C)C(=O)O. The van der Waals surface area contributed by atoms with Crippen molar-refractivity contribution in [3.8, 4) is 0 Å². The molecule has 0 saturated heterocycles. The summed E-state index contributed by atoms with van der Waals surface area (Å²) in [5, 5.41) is 9.75. The second-order valence-electron chi connectivity index (χ2n) is 24.4. The van der Waals surface area contributed by atoms with Crippen molar-refractivity contribution in [2.24, 2.45) is 0 Å². The number of nitrogens with zero attached hydrogens (tertiary/aromatic N) is 1. The molecule has 0 radical (unpaired) electrons. The number of carbonyl (C=O) groups excluding carboxylic acids is 2. The first-order chi connectivity index (χ1) is 42.6. The van der Waals surface area contributed by atoms with E-state index in [1.807, 2.05) is 21.1 Å². The highest BCUT2D eigenvalue weighted by Gasteiger charge is 2.25. The molecule has 87 heavy (non-hydrogen) atoms. The van der Waals surface area contributed by atoms with Gasteiger partial charge in [0.1, 0.15) is 13.2 Å². The van der Waals surface area contributed by atoms with Crippen molar-refractivity contribution in [3.05, 3.63) is 134 Å². The molecule has 0 aliphatic heterocycles. The minimum atomic E-state index is -1.52. The lowest BCUT2D eigenvalue weighted by atomic mass is 10.0. The Morgan fingerprint density at radius 3 is 0.920 bits per heavy atom. The van der Waals surface area contributed by atoms with E-state index in [1.165, 1.54) is 122 Å². The second kappa shape index (κ2) is 67.4. The lowest BCUT2D eigenvalue weighted by molar-refractivity contribution is -0.870. The number of carboxylic acids is 1. The summed E-state index contributed by atoms with van der Waals surface area (Å²) in [6.07, 6.45) is 94.3. The summed E-state index contributed by atoms with van der Waals surface area (Å²) in [6.45, 7) is 4.64. The number of hydrogen-bond donors (Lipinski definition) is 1. The molecule has 2 unspecified atom stereocenters. The van der Waals surface area contributed by atoms with Gasteiger partial charge in [0.05, 0.1) is 34.4 Å². The Balaban J connectivity index is 4.09. The lowest BCUT2D eigenvalue weighted by Crippen LogP contribution is -2.40. The first-order valence-electron chi connectivity index (χ1n) is 35.3. The minimum absolute atomic E-state index is 0.179. The van der Waals surface area contributed by atoms with Gasteiger partial charge in [-0.2, -0.15) is 0 Å². The van der Waals surface area contributed by atoms with Crippen LogP contribution >= 0.6 is 0 Å². The Hall–Kier alpha value is -4.57. The number of ether oxygens (including phenoxy) is 4. The molecule has 0 rings (SSSR count). The standard InChI is InChI=1S/C78H131NO8/c1-6-8-10-12-14-16-18-20-22-24-26-28-30-32-33-34-35-36-37-38-39-40-41-42-43-45-46-48-50-52-54-56-58-60-62-64-66-68-75(80)85-72-74(73-86-78(77(82)83)84-71-70-79(3,4)5)87-76(81)69-67-65-63-61-59-57-55-53-51-49-47-44-31-29-27-25-23-21-19-17-15-13-11-9-7-2/h8-11,14-17,20-23,26-29,32-33,44,47,51,53,74,78H,6-7,12-13,18-19,24-25,30-31,34-43,45-46,48-50,52,54-73H2,1-5H3/p+1/b10-8-,11-9-,16-14-,17-15-,22-20-,23-21-,28-26-,29-27-,33-32-,47-44-,53-51-. The van der Waals surface area contributed by atoms with Crippen LogP contribution in [0.3, 0.4) is 0 Å². The maximum atomic E-state index is 12.9. The van der Waals surface area contributed by atoms with Crippen LogP contribution in [0.1, 0.15) is 284 Å². The molecule has 1 N–H and O–H groups in total. The summed E-state index contributed by atoms with van der Waals surface area (Å²) < 4.78 is 23.0. The zero-order valence-corrected chi connectivity index (χ0v) is 56.6. The van der Waals surface area contributed by atoms with Crippen LogP contribution < -0.4 is 0 Å². The number of likely N-dealkylation sites (N-methyl/N-ethyl adjacent to an activating group) is 1. The van der Waals surface area contributed by atoms with Crippen LogP contribution in [0.2, 0.25) is 0 Å². The first-order valence-corrected chi connectivity index (χ1v) is 35.3. The molecule has 9 nitrogen and oxygen atoms in total. The van der Waals surface area contributed by atoms with Crippen LogP contribution in [0, 0.1) is 0 Å². The zero-order chi connectivity index (χ0) is 63.3. The summed E-state index contributed by atoms with van der Waals surface area (Å²) in [6, 6.07) is 0. The molecule has 0 heterocycles. The van der Waals surface area contributed by atoms with Crippen LogP contribution in [-0.4, -0.2) is 87.4 Å². The van der Waals surface area contributed by atoms with Gasteiger partial charge in [-0.15, -0.1) is 0 Å². The monoisotopic (exact) mass is 1210 g/mol. The molecule has 0 aromatic carbocycles. The van der Waals surface area contributed by atoms with Gasteiger partial charge in [0, 0.05) is 12.8 Å². The van der Waals surface area contributed by atoms with Crippen LogP contribution in [0.15, 0.2) is 134 Å². The number of aliphatic carboxylic acids is 1. The number of allylic oxidation sites excluding steroid dienone is 22. The zero-order valence-electron chi connectivity index (χ0n) is 56.6. The number of carbonyl (C=O) groups is 3. The maximum Gasteiger partial charge on any atom is 0.361 e. The number of quaternary nitrogens is 1. The summed E-state index contributed by atoms with van der Waals surface area (Å²) in [5.74, 6) is -2.02. The predicted molar refractivity (Wildman–Crippen MR) is 373 cm³/mol. The van der Waals surface area contributed by atoms with Crippen LogP contribution in [-0.2, 0) is 33.3 Å². The van der Waals surface area contributed by atoms with Crippen molar-refractivity contribution in [1.82, 2.24) is 0 Å². The lowest BCUT2D eigenvalue weighted by Gasteiger charge is -2.25. The Labute approximate surface area is 535 Å². The predicted octanol–water partition coefficient (Wildman–Crippen LogP) is 22.1. The maximum absolute atomic E-state index is 12.9. The van der Waals surface area contributed by atoms with Gasteiger partial charge in [0.2, 0.25) is 0 Å². The summed E-state index contributed by atoms with van der Waals surface area (Å²) in [4.78, 5) is 37.6. The third-order valence-electron chi connectivity index (χ3n) is 14.9. The molecule has 0 amide bonds. The number of esters is 2.